The Hall–Kier alpha value is -2.67. The molecular formula is C22H22FN3O2S. The van der Waals surface area contributed by atoms with Crippen molar-refractivity contribution in [2.75, 3.05) is 5.32 Å². The third-order valence-corrected chi connectivity index (χ3v) is 6.10. The van der Waals surface area contributed by atoms with Gasteiger partial charge in [-0.25, -0.2) is 9.38 Å². The highest BCUT2D eigenvalue weighted by Crippen LogP contribution is 2.39. The van der Waals surface area contributed by atoms with Crippen LogP contribution in [-0.2, 0) is 9.59 Å². The lowest BCUT2D eigenvalue weighted by molar-refractivity contribution is -0.128. The number of aliphatic imine (C=N–C) groups is 1. The van der Waals surface area contributed by atoms with Gasteiger partial charge in [0.2, 0.25) is 11.8 Å². The van der Waals surface area contributed by atoms with E-state index in [2.05, 4.69) is 11.4 Å². The van der Waals surface area contributed by atoms with Crippen LogP contribution in [0.5, 0.6) is 0 Å². The molecule has 1 saturated carbocycles. The van der Waals surface area contributed by atoms with Crippen LogP contribution in [-0.4, -0.2) is 33.2 Å². The van der Waals surface area contributed by atoms with Gasteiger partial charge in [-0.1, -0.05) is 29.5 Å². The molecular weight excluding hydrogens is 389 g/mol. The summed E-state index contributed by atoms with van der Waals surface area (Å²) >= 11 is 1.35. The molecule has 2 amide bonds. The Morgan fingerprint density at radius 2 is 1.93 bits per heavy atom. The molecule has 4 rings (SSSR count). The maximum atomic E-state index is 13.0. The second kappa shape index (κ2) is 7.99. The van der Waals surface area contributed by atoms with Gasteiger partial charge in [0, 0.05) is 18.2 Å². The molecule has 0 bridgehead atoms. The zero-order valence-electron chi connectivity index (χ0n) is 16.3. The Kier molecular flexibility index (Phi) is 5.41. The molecule has 0 radical (unpaired) electrons. The number of hydrogen-bond acceptors (Lipinski definition) is 4. The fourth-order valence-electron chi connectivity index (χ4n) is 3.31. The molecule has 1 heterocycles. The number of halogens is 1. The number of benzene rings is 2. The summed E-state index contributed by atoms with van der Waals surface area (Å²) < 4.78 is 13.0. The molecule has 0 aromatic heterocycles. The Bertz CT molecular complexity index is 986. The molecule has 2 aliphatic rings. The Balaban J connectivity index is 1.50. The van der Waals surface area contributed by atoms with Crippen molar-refractivity contribution in [3.05, 3.63) is 59.4 Å². The number of nitrogens with one attached hydrogen (secondary N) is 1. The van der Waals surface area contributed by atoms with Gasteiger partial charge in [-0.15, -0.1) is 0 Å². The lowest BCUT2D eigenvalue weighted by Gasteiger charge is -2.15. The molecule has 1 atom stereocenters. The quantitative estimate of drug-likeness (QED) is 0.784. The molecule has 2 aromatic rings. The Morgan fingerprint density at radius 3 is 2.59 bits per heavy atom. The maximum absolute atomic E-state index is 13.0. The first-order chi connectivity index (χ1) is 13.9. The van der Waals surface area contributed by atoms with Crippen molar-refractivity contribution < 1.29 is 14.0 Å². The Labute approximate surface area is 173 Å². The van der Waals surface area contributed by atoms with E-state index in [0.717, 1.165) is 29.7 Å². The van der Waals surface area contributed by atoms with E-state index in [4.69, 9.17) is 4.99 Å². The summed E-state index contributed by atoms with van der Waals surface area (Å²) in [5.41, 5.74) is 3.57. The van der Waals surface area contributed by atoms with Gasteiger partial charge in [0.1, 0.15) is 11.1 Å². The minimum atomic E-state index is -0.499. The van der Waals surface area contributed by atoms with E-state index in [1.165, 1.54) is 36.0 Å². The average Bonchev–Trinajstić information content (AvgIpc) is 3.45. The number of amidine groups is 1. The second-order valence-electron chi connectivity index (χ2n) is 7.49. The minimum Gasteiger partial charge on any atom is -0.326 e. The smallest absolute Gasteiger partial charge is 0.242 e. The monoisotopic (exact) mass is 411 g/mol. The van der Waals surface area contributed by atoms with E-state index in [0.29, 0.717) is 10.9 Å². The van der Waals surface area contributed by atoms with Gasteiger partial charge in [0.15, 0.2) is 5.17 Å². The number of carbonyl (C=O) groups excluding carboxylic acids is 2. The number of anilines is 1. The lowest BCUT2D eigenvalue weighted by Crippen LogP contribution is -2.35. The van der Waals surface area contributed by atoms with Crippen molar-refractivity contribution >= 4 is 40.1 Å². The van der Waals surface area contributed by atoms with Gasteiger partial charge < -0.3 is 5.32 Å². The summed E-state index contributed by atoms with van der Waals surface area (Å²) in [7, 11) is 0. The second-order valence-corrected chi connectivity index (χ2v) is 8.66. The summed E-state index contributed by atoms with van der Waals surface area (Å²) in [6.07, 6.45) is 1.98. The fraction of sp³-hybridized carbons (Fsp3) is 0.318. The van der Waals surface area contributed by atoms with Crippen LogP contribution in [0.15, 0.2) is 47.5 Å². The van der Waals surface area contributed by atoms with Crippen molar-refractivity contribution in [3.63, 3.8) is 0 Å². The highest BCUT2D eigenvalue weighted by atomic mass is 32.2. The average molecular weight is 412 g/mol. The molecule has 0 unspecified atom stereocenters. The number of carbonyl (C=O) groups is 2. The predicted molar refractivity (Wildman–Crippen MR) is 114 cm³/mol. The molecule has 1 N–H and O–H groups in total. The molecule has 1 aliphatic carbocycles. The van der Waals surface area contributed by atoms with Crippen LogP contribution in [0.2, 0.25) is 0 Å². The third kappa shape index (κ3) is 4.50. The van der Waals surface area contributed by atoms with E-state index < -0.39 is 5.25 Å². The number of thioether (sulfide) groups is 1. The highest BCUT2D eigenvalue weighted by molar-refractivity contribution is 8.15. The fourth-order valence-corrected chi connectivity index (χ4v) is 4.52. The molecule has 5 nitrogen and oxygen atoms in total. The van der Waals surface area contributed by atoms with E-state index in [9.17, 15) is 14.0 Å². The molecule has 0 spiro atoms. The largest absolute Gasteiger partial charge is 0.326 e. The number of hydrogen-bond donors (Lipinski definition) is 1. The molecule has 7 heteroatoms. The zero-order chi connectivity index (χ0) is 20.5. The van der Waals surface area contributed by atoms with Crippen LogP contribution < -0.4 is 5.32 Å². The van der Waals surface area contributed by atoms with Gasteiger partial charge in [-0.3, -0.25) is 14.5 Å². The van der Waals surface area contributed by atoms with Crippen molar-refractivity contribution in [1.82, 2.24) is 4.90 Å². The van der Waals surface area contributed by atoms with Gasteiger partial charge in [0.25, 0.3) is 0 Å². The van der Waals surface area contributed by atoms with Crippen LogP contribution in [0, 0.1) is 19.7 Å². The maximum Gasteiger partial charge on any atom is 0.242 e. The highest BCUT2D eigenvalue weighted by Gasteiger charge is 2.46. The van der Waals surface area contributed by atoms with Crippen molar-refractivity contribution in [2.45, 2.75) is 44.4 Å². The number of aryl methyl sites for hydroxylation is 2. The summed E-state index contributed by atoms with van der Waals surface area (Å²) in [5.74, 6) is -0.696. The van der Waals surface area contributed by atoms with Gasteiger partial charge in [-0.05, 0) is 62.6 Å². The molecule has 29 heavy (non-hydrogen) atoms. The van der Waals surface area contributed by atoms with Crippen LogP contribution in [0.25, 0.3) is 0 Å². The van der Waals surface area contributed by atoms with Crippen molar-refractivity contribution in [3.8, 4) is 0 Å². The Morgan fingerprint density at radius 1 is 1.21 bits per heavy atom. The zero-order valence-corrected chi connectivity index (χ0v) is 17.1. The predicted octanol–water partition coefficient (Wildman–Crippen LogP) is 4.57. The van der Waals surface area contributed by atoms with E-state index in [1.807, 2.05) is 26.0 Å². The summed E-state index contributed by atoms with van der Waals surface area (Å²) in [5, 5.41) is 2.90. The molecule has 2 fully saturated rings. The van der Waals surface area contributed by atoms with Crippen molar-refractivity contribution in [1.29, 1.82) is 0 Å². The standard InChI is InChI=1S/C22H22FN3O2S/c1-13-3-10-18(14(2)11-13)25-22-26(17-8-9-17)21(28)19(29-22)12-20(27)24-16-6-4-15(23)5-7-16/h3-7,10-11,17,19H,8-9,12H2,1-2H3,(H,24,27)/t19-/m1/s1. The SMILES string of the molecule is Cc1ccc(N=C2S[C@H](CC(=O)Nc3ccc(F)cc3)C(=O)N2C2CC2)c(C)c1. The summed E-state index contributed by atoms with van der Waals surface area (Å²) in [6.45, 7) is 4.03. The van der Waals surface area contributed by atoms with E-state index >= 15 is 0 Å². The van der Waals surface area contributed by atoms with E-state index in [1.54, 1.807) is 4.90 Å². The van der Waals surface area contributed by atoms with Crippen LogP contribution in [0.1, 0.15) is 30.4 Å². The molecule has 1 saturated heterocycles. The third-order valence-electron chi connectivity index (χ3n) is 4.95. The summed E-state index contributed by atoms with van der Waals surface area (Å²) in [6, 6.07) is 11.8. The van der Waals surface area contributed by atoms with E-state index in [-0.39, 0.29) is 30.1 Å². The first kappa shape index (κ1) is 19.6. The van der Waals surface area contributed by atoms with Crippen molar-refractivity contribution in [2.24, 2.45) is 4.99 Å². The summed E-state index contributed by atoms with van der Waals surface area (Å²) in [4.78, 5) is 31.9. The van der Waals surface area contributed by atoms with Gasteiger partial charge in [0.05, 0.1) is 5.69 Å². The first-order valence-electron chi connectivity index (χ1n) is 9.62. The molecule has 2 aromatic carbocycles. The van der Waals surface area contributed by atoms with Gasteiger partial charge >= 0.3 is 0 Å². The first-order valence-corrected chi connectivity index (χ1v) is 10.5. The molecule has 1 aliphatic heterocycles. The minimum absolute atomic E-state index is 0.0516. The van der Waals surface area contributed by atoms with Crippen LogP contribution in [0.3, 0.4) is 0 Å². The number of rotatable bonds is 5. The topological polar surface area (TPSA) is 61.8 Å². The van der Waals surface area contributed by atoms with Gasteiger partial charge in [-0.2, -0.15) is 0 Å². The number of nitrogens with zero attached hydrogens (tertiary/aromatic N) is 2. The number of amides is 2. The lowest BCUT2D eigenvalue weighted by atomic mass is 10.1. The normalized spacial score (nSPS) is 20.4. The molecule has 150 valence electrons. The van der Waals surface area contributed by atoms with Crippen LogP contribution in [0.4, 0.5) is 15.8 Å². The van der Waals surface area contributed by atoms with Crippen LogP contribution >= 0.6 is 11.8 Å².